The summed E-state index contributed by atoms with van der Waals surface area (Å²) in [7, 11) is 0. The average molecular weight is 337 g/mol. The van der Waals surface area contributed by atoms with Crippen molar-refractivity contribution in [2.75, 3.05) is 19.6 Å². The Morgan fingerprint density at radius 3 is 2.71 bits per heavy atom. The standard InChI is InChI=1S/C19H19N3OS/c20-10-12-2-1-3-14(8-12)17-9-15(18(24-17)19(21)23)16-11-22-6-4-13(16)5-7-22/h1-3,8-9,13,16H,4-7,11H2,(H2,21,23). The third-order valence-electron chi connectivity index (χ3n) is 5.32. The van der Waals surface area contributed by atoms with Crippen molar-refractivity contribution < 1.29 is 4.79 Å². The maximum Gasteiger partial charge on any atom is 0.259 e. The van der Waals surface area contributed by atoms with Crippen LogP contribution in [0.4, 0.5) is 0 Å². The third kappa shape index (κ3) is 2.62. The summed E-state index contributed by atoms with van der Waals surface area (Å²) in [4.78, 5) is 16.2. The Kier molecular flexibility index (Phi) is 3.87. The lowest BCUT2D eigenvalue weighted by molar-refractivity contribution is 0.0859. The lowest BCUT2D eigenvalue weighted by atomic mass is 9.75. The van der Waals surface area contributed by atoms with Crippen LogP contribution in [0.3, 0.4) is 0 Å². The number of amides is 1. The minimum Gasteiger partial charge on any atom is -0.365 e. The van der Waals surface area contributed by atoms with Crippen molar-refractivity contribution in [2.45, 2.75) is 18.8 Å². The summed E-state index contributed by atoms with van der Waals surface area (Å²) in [5, 5.41) is 9.11. The molecule has 0 aliphatic carbocycles. The molecule has 0 radical (unpaired) electrons. The molecule has 3 fully saturated rings. The summed E-state index contributed by atoms with van der Waals surface area (Å²) < 4.78 is 0. The van der Waals surface area contributed by atoms with Crippen molar-refractivity contribution in [1.29, 1.82) is 5.26 Å². The molecule has 5 heteroatoms. The van der Waals surface area contributed by atoms with Crippen molar-refractivity contribution in [3.63, 3.8) is 0 Å². The molecule has 1 atom stereocenters. The quantitative estimate of drug-likeness (QED) is 0.935. The highest BCUT2D eigenvalue weighted by Crippen LogP contribution is 2.44. The molecule has 1 aromatic heterocycles. The summed E-state index contributed by atoms with van der Waals surface area (Å²) in [6.07, 6.45) is 2.41. The van der Waals surface area contributed by atoms with Crippen LogP contribution in [0.5, 0.6) is 0 Å². The van der Waals surface area contributed by atoms with Crippen molar-refractivity contribution in [3.8, 4) is 16.5 Å². The van der Waals surface area contributed by atoms with Crippen molar-refractivity contribution >= 4 is 17.2 Å². The molecule has 4 heterocycles. The molecule has 2 aromatic rings. The number of nitriles is 1. The Morgan fingerprint density at radius 1 is 1.29 bits per heavy atom. The fourth-order valence-corrected chi connectivity index (χ4v) is 5.15. The highest BCUT2D eigenvalue weighted by molar-refractivity contribution is 7.17. The van der Waals surface area contributed by atoms with Gasteiger partial charge >= 0.3 is 0 Å². The number of carbonyl (C=O) groups is 1. The number of thiophene rings is 1. The van der Waals surface area contributed by atoms with Crippen LogP contribution >= 0.6 is 11.3 Å². The number of fused-ring (bicyclic) bond motifs is 3. The first-order chi connectivity index (χ1) is 11.7. The van der Waals surface area contributed by atoms with E-state index in [0.717, 1.165) is 22.5 Å². The molecule has 24 heavy (non-hydrogen) atoms. The molecule has 4 nitrogen and oxygen atoms in total. The van der Waals surface area contributed by atoms with Gasteiger partial charge in [-0.15, -0.1) is 11.3 Å². The molecular weight excluding hydrogens is 318 g/mol. The summed E-state index contributed by atoms with van der Waals surface area (Å²) in [5.41, 5.74) is 8.39. The second kappa shape index (κ2) is 6.04. The molecule has 3 saturated heterocycles. The van der Waals surface area contributed by atoms with E-state index in [9.17, 15) is 4.79 Å². The van der Waals surface area contributed by atoms with Crippen molar-refractivity contribution in [1.82, 2.24) is 4.90 Å². The topological polar surface area (TPSA) is 70.1 Å². The number of carbonyl (C=O) groups excluding carboxylic acids is 1. The minimum atomic E-state index is -0.339. The fourth-order valence-electron chi connectivity index (χ4n) is 4.07. The van der Waals surface area contributed by atoms with Crippen LogP contribution in [0, 0.1) is 17.2 Å². The Morgan fingerprint density at radius 2 is 2.08 bits per heavy atom. The van der Waals surface area contributed by atoms with Gasteiger partial charge < -0.3 is 10.6 Å². The number of nitrogens with two attached hydrogens (primary N) is 1. The number of piperidine rings is 3. The molecule has 122 valence electrons. The molecule has 1 amide bonds. The van der Waals surface area contributed by atoms with Gasteiger partial charge in [-0.25, -0.2) is 0 Å². The number of rotatable bonds is 3. The van der Waals surface area contributed by atoms with Gasteiger partial charge in [-0.2, -0.15) is 5.26 Å². The molecule has 2 N–H and O–H groups in total. The largest absolute Gasteiger partial charge is 0.365 e. The zero-order valence-corrected chi connectivity index (χ0v) is 14.2. The highest BCUT2D eigenvalue weighted by Gasteiger charge is 2.37. The highest BCUT2D eigenvalue weighted by atomic mass is 32.1. The first-order valence-electron chi connectivity index (χ1n) is 8.32. The maximum atomic E-state index is 12.0. The van der Waals surface area contributed by atoms with Gasteiger partial charge in [-0.05, 0) is 61.2 Å². The number of hydrogen-bond donors (Lipinski definition) is 1. The van der Waals surface area contributed by atoms with Crippen LogP contribution in [0.1, 0.15) is 39.6 Å². The SMILES string of the molecule is N#Cc1cccc(-c2cc(C3CN4CCC3CC4)c(C(N)=O)s2)c1. The summed E-state index contributed by atoms with van der Waals surface area (Å²) in [6, 6.07) is 11.8. The normalized spacial score (nSPS) is 25.4. The second-order valence-corrected chi connectivity index (χ2v) is 7.75. The van der Waals surface area contributed by atoms with E-state index in [1.54, 1.807) is 6.07 Å². The molecule has 0 spiro atoms. The van der Waals surface area contributed by atoms with Crippen LogP contribution in [-0.2, 0) is 0 Å². The van der Waals surface area contributed by atoms with E-state index in [0.29, 0.717) is 22.3 Å². The van der Waals surface area contributed by atoms with Gasteiger partial charge in [0.25, 0.3) is 5.91 Å². The number of hydrogen-bond acceptors (Lipinski definition) is 4. The molecular formula is C19H19N3OS. The average Bonchev–Trinajstić information content (AvgIpc) is 3.08. The summed E-state index contributed by atoms with van der Waals surface area (Å²) in [6.45, 7) is 3.38. The summed E-state index contributed by atoms with van der Waals surface area (Å²) in [5.74, 6) is 0.717. The van der Waals surface area contributed by atoms with Gasteiger partial charge in [-0.1, -0.05) is 12.1 Å². The van der Waals surface area contributed by atoms with Gasteiger partial charge in [-0.3, -0.25) is 4.79 Å². The Hall–Kier alpha value is -2.16. The number of primary amides is 1. The summed E-state index contributed by atoms with van der Waals surface area (Å²) >= 11 is 1.46. The van der Waals surface area contributed by atoms with E-state index in [1.807, 2.05) is 18.2 Å². The lowest BCUT2D eigenvalue weighted by Crippen LogP contribution is -2.46. The van der Waals surface area contributed by atoms with Crippen LogP contribution < -0.4 is 5.73 Å². The first-order valence-corrected chi connectivity index (χ1v) is 9.14. The van der Waals surface area contributed by atoms with E-state index in [1.165, 1.54) is 37.3 Å². The molecule has 1 unspecified atom stereocenters. The van der Waals surface area contributed by atoms with Gasteiger partial charge in [0.1, 0.15) is 0 Å². The van der Waals surface area contributed by atoms with Crippen molar-refractivity contribution in [3.05, 3.63) is 46.3 Å². The smallest absolute Gasteiger partial charge is 0.259 e. The molecule has 0 saturated carbocycles. The Bertz CT molecular complexity index is 827. The second-order valence-electron chi connectivity index (χ2n) is 6.70. The monoisotopic (exact) mass is 337 g/mol. The zero-order valence-electron chi connectivity index (χ0n) is 13.4. The first kappa shape index (κ1) is 15.4. The van der Waals surface area contributed by atoms with E-state index < -0.39 is 0 Å². The molecule has 2 bridgehead atoms. The van der Waals surface area contributed by atoms with Crippen LogP contribution in [0.25, 0.3) is 10.4 Å². The van der Waals surface area contributed by atoms with Crippen LogP contribution in [0.2, 0.25) is 0 Å². The Balaban J connectivity index is 1.76. The minimum absolute atomic E-state index is 0.339. The molecule has 1 aromatic carbocycles. The van der Waals surface area contributed by atoms with Gasteiger partial charge in [0.15, 0.2) is 0 Å². The molecule has 3 aliphatic rings. The molecule has 5 rings (SSSR count). The van der Waals surface area contributed by atoms with Crippen LogP contribution in [0.15, 0.2) is 30.3 Å². The lowest BCUT2D eigenvalue weighted by Gasteiger charge is -2.45. The van der Waals surface area contributed by atoms with Gasteiger partial charge in [0.05, 0.1) is 16.5 Å². The van der Waals surface area contributed by atoms with E-state index in [2.05, 4.69) is 17.0 Å². The molecule has 3 aliphatic heterocycles. The number of nitrogens with zero attached hydrogens (tertiary/aromatic N) is 2. The van der Waals surface area contributed by atoms with Gasteiger partial charge in [0, 0.05) is 17.3 Å². The predicted octanol–water partition coefficient (Wildman–Crippen LogP) is 3.19. The van der Waals surface area contributed by atoms with E-state index >= 15 is 0 Å². The Labute approximate surface area is 145 Å². The zero-order chi connectivity index (χ0) is 16.7. The van der Waals surface area contributed by atoms with E-state index in [4.69, 9.17) is 11.0 Å². The predicted molar refractivity (Wildman–Crippen MR) is 94.9 cm³/mol. The van der Waals surface area contributed by atoms with Gasteiger partial charge in [0.2, 0.25) is 0 Å². The third-order valence-corrected chi connectivity index (χ3v) is 6.53. The van der Waals surface area contributed by atoms with Crippen molar-refractivity contribution in [2.24, 2.45) is 11.7 Å². The van der Waals surface area contributed by atoms with Crippen LogP contribution in [-0.4, -0.2) is 30.4 Å². The van der Waals surface area contributed by atoms with E-state index in [-0.39, 0.29) is 5.91 Å². The maximum absolute atomic E-state index is 12.0. The fraction of sp³-hybridized carbons (Fsp3) is 0.368. The number of benzene rings is 1.